The van der Waals surface area contributed by atoms with Gasteiger partial charge in [0.15, 0.2) is 17.1 Å². The number of benzene rings is 1. The van der Waals surface area contributed by atoms with Crippen LogP contribution in [0.15, 0.2) is 23.4 Å². The summed E-state index contributed by atoms with van der Waals surface area (Å²) in [6.07, 6.45) is -0.249. The summed E-state index contributed by atoms with van der Waals surface area (Å²) in [6, 6.07) is 6.06. The van der Waals surface area contributed by atoms with Crippen LogP contribution in [0.5, 0.6) is 5.75 Å². The Bertz CT molecular complexity index is 700. The van der Waals surface area contributed by atoms with Gasteiger partial charge in [0.1, 0.15) is 5.75 Å². The molecule has 0 spiro atoms. The molecule has 0 unspecified atom stereocenters. The van der Waals surface area contributed by atoms with E-state index in [0.29, 0.717) is 11.0 Å². The molecule has 0 N–H and O–H groups in total. The molecule has 0 bridgehead atoms. The molecule has 6 nitrogen and oxygen atoms in total. The van der Waals surface area contributed by atoms with Crippen molar-refractivity contribution in [2.45, 2.75) is 32.0 Å². The van der Waals surface area contributed by atoms with Crippen LogP contribution in [0.4, 0.5) is 0 Å². The summed E-state index contributed by atoms with van der Waals surface area (Å²) < 4.78 is 12.5. The van der Waals surface area contributed by atoms with Gasteiger partial charge in [-0.3, -0.25) is 4.79 Å². The van der Waals surface area contributed by atoms with E-state index in [4.69, 9.17) is 4.74 Å². The lowest BCUT2D eigenvalue weighted by Gasteiger charge is -2.16. The molecule has 124 valence electrons. The molecule has 0 radical (unpaired) electrons. The van der Waals surface area contributed by atoms with Gasteiger partial charge in [-0.1, -0.05) is 29.5 Å². The van der Waals surface area contributed by atoms with Crippen LogP contribution in [0.25, 0.3) is 0 Å². The molecule has 1 atom stereocenters. The minimum Gasteiger partial charge on any atom is -0.482 e. The molecule has 2 aromatic rings. The summed E-state index contributed by atoms with van der Waals surface area (Å²) in [5.74, 6) is 1.45. The number of nitrogens with zero attached hydrogens (tertiary/aromatic N) is 3. The number of thioether (sulfide) groups is 1. The Morgan fingerprint density at radius 2 is 2.09 bits per heavy atom. The van der Waals surface area contributed by atoms with Crippen molar-refractivity contribution in [3.05, 3.63) is 35.2 Å². The monoisotopic (exact) mass is 335 g/mol. The normalized spacial score (nSPS) is 12.0. The summed E-state index contributed by atoms with van der Waals surface area (Å²) >= 11 is 1.29. The zero-order valence-corrected chi connectivity index (χ0v) is 14.8. The van der Waals surface area contributed by atoms with Gasteiger partial charge in [-0.25, -0.2) is 0 Å². The van der Waals surface area contributed by atoms with Crippen molar-refractivity contribution >= 4 is 17.7 Å². The number of hydrogen-bond acceptors (Lipinski definition) is 6. The first-order chi connectivity index (χ1) is 10.9. The molecule has 0 fully saturated rings. The highest BCUT2D eigenvalue weighted by atomic mass is 32.2. The van der Waals surface area contributed by atoms with Gasteiger partial charge in [-0.05, 0) is 32.4 Å². The topological polar surface area (TPSA) is 66.2 Å². The number of methoxy groups -OCH3 is 1. The maximum Gasteiger partial charge on any atom is 0.316 e. The standard InChI is InChI=1S/C16H21N3O3S/c1-10-6-7-13(11(2)8-10)22-12(3)15-17-18-16(19(15)4)23-9-14(20)21-5/h6-8,12H,9H2,1-5H3/t12-/m0/s1. The first kappa shape index (κ1) is 17.3. The second-order valence-electron chi connectivity index (χ2n) is 5.29. The Kier molecular flexibility index (Phi) is 5.65. The quantitative estimate of drug-likeness (QED) is 0.597. The molecule has 1 heterocycles. The second kappa shape index (κ2) is 7.50. The average Bonchev–Trinajstić information content (AvgIpc) is 2.88. The molecule has 2 rings (SSSR count). The van der Waals surface area contributed by atoms with Crippen molar-refractivity contribution < 1.29 is 14.3 Å². The molecule has 1 aromatic carbocycles. The maximum atomic E-state index is 11.2. The maximum absolute atomic E-state index is 11.2. The highest BCUT2D eigenvalue weighted by molar-refractivity contribution is 7.99. The first-order valence-corrected chi connectivity index (χ1v) is 8.23. The number of rotatable bonds is 6. The van der Waals surface area contributed by atoms with E-state index in [1.54, 1.807) is 0 Å². The zero-order valence-electron chi connectivity index (χ0n) is 14.0. The summed E-state index contributed by atoms with van der Waals surface area (Å²) in [4.78, 5) is 11.2. The van der Waals surface area contributed by atoms with E-state index in [2.05, 4.69) is 21.0 Å². The van der Waals surface area contributed by atoms with Gasteiger partial charge in [0.25, 0.3) is 0 Å². The van der Waals surface area contributed by atoms with Gasteiger partial charge in [-0.15, -0.1) is 10.2 Å². The van der Waals surface area contributed by atoms with Gasteiger partial charge in [-0.2, -0.15) is 0 Å². The average molecular weight is 335 g/mol. The highest BCUT2D eigenvalue weighted by Gasteiger charge is 2.18. The fourth-order valence-electron chi connectivity index (χ4n) is 2.16. The molecular weight excluding hydrogens is 314 g/mol. The van der Waals surface area contributed by atoms with Crippen LogP contribution in [0.1, 0.15) is 30.0 Å². The van der Waals surface area contributed by atoms with Crippen molar-refractivity contribution in [2.24, 2.45) is 7.05 Å². The second-order valence-corrected chi connectivity index (χ2v) is 6.24. The lowest BCUT2D eigenvalue weighted by molar-refractivity contribution is -0.137. The van der Waals surface area contributed by atoms with Crippen molar-refractivity contribution in [1.82, 2.24) is 14.8 Å². The molecule has 0 aliphatic rings. The van der Waals surface area contributed by atoms with Gasteiger partial charge in [0.05, 0.1) is 12.9 Å². The third-order valence-corrected chi connectivity index (χ3v) is 4.41. The number of aromatic nitrogens is 3. The van der Waals surface area contributed by atoms with E-state index in [1.165, 1.54) is 24.4 Å². The Morgan fingerprint density at radius 1 is 1.35 bits per heavy atom. The molecular formula is C16H21N3O3S. The Balaban J connectivity index is 2.09. The zero-order chi connectivity index (χ0) is 17.0. The Labute approximate surface area is 140 Å². The van der Waals surface area contributed by atoms with E-state index in [0.717, 1.165) is 11.3 Å². The molecule has 0 aliphatic carbocycles. The number of ether oxygens (including phenoxy) is 2. The van der Waals surface area contributed by atoms with E-state index < -0.39 is 0 Å². The third kappa shape index (κ3) is 4.25. The lowest BCUT2D eigenvalue weighted by atomic mass is 10.1. The minimum atomic E-state index is -0.292. The Morgan fingerprint density at radius 3 is 2.74 bits per heavy atom. The summed E-state index contributed by atoms with van der Waals surface area (Å²) in [7, 11) is 3.22. The van der Waals surface area contributed by atoms with Crippen LogP contribution in [0.2, 0.25) is 0 Å². The van der Waals surface area contributed by atoms with Crippen LogP contribution in [-0.2, 0) is 16.6 Å². The van der Waals surface area contributed by atoms with Gasteiger partial charge in [0, 0.05) is 7.05 Å². The number of esters is 1. The van der Waals surface area contributed by atoms with E-state index in [9.17, 15) is 4.79 Å². The molecule has 0 saturated carbocycles. The predicted octanol–water partition coefficient (Wildman–Crippen LogP) is 2.84. The van der Waals surface area contributed by atoms with Crippen LogP contribution in [0, 0.1) is 13.8 Å². The van der Waals surface area contributed by atoms with Crippen molar-refractivity contribution in [3.8, 4) is 5.75 Å². The molecule has 0 saturated heterocycles. The largest absolute Gasteiger partial charge is 0.482 e. The number of aryl methyl sites for hydroxylation is 2. The molecule has 0 aliphatic heterocycles. The van der Waals surface area contributed by atoms with Crippen LogP contribution >= 0.6 is 11.8 Å². The Hall–Kier alpha value is -2.02. The fraction of sp³-hybridized carbons (Fsp3) is 0.438. The molecule has 7 heteroatoms. The first-order valence-electron chi connectivity index (χ1n) is 7.25. The van der Waals surface area contributed by atoms with Crippen molar-refractivity contribution in [2.75, 3.05) is 12.9 Å². The summed E-state index contributed by atoms with van der Waals surface area (Å²) in [5, 5.41) is 8.94. The lowest BCUT2D eigenvalue weighted by Crippen LogP contribution is -2.11. The van der Waals surface area contributed by atoms with Crippen molar-refractivity contribution in [3.63, 3.8) is 0 Å². The minimum absolute atomic E-state index is 0.203. The van der Waals surface area contributed by atoms with E-state index in [1.807, 2.05) is 44.5 Å². The van der Waals surface area contributed by atoms with Crippen molar-refractivity contribution in [1.29, 1.82) is 0 Å². The fourth-order valence-corrected chi connectivity index (χ4v) is 2.91. The smallest absolute Gasteiger partial charge is 0.316 e. The summed E-state index contributed by atoms with van der Waals surface area (Å²) in [6.45, 7) is 6.00. The van der Waals surface area contributed by atoms with Gasteiger partial charge >= 0.3 is 5.97 Å². The third-order valence-electron chi connectivity index (χ3n) is 3.41. The van der Waals surface area contributed by atoms with Gasteiger partial charge in [0.2, 0.25) is 0 Å². The predicted molar refractivity (Wildman–Crippen MR) is 88.7 cm³/mol. The van der Waals surface area contributed by atoms with Gasteiger partial charge < -0.3 is 14.0 Å². The number of carbonyl (C=O) groups excluding carboxylic acids is 1. The molecule has 23 heavy (non-hydrogen) atoms. The molecule has 1 aromatic heterocycles. The number of hydrogen-bond donors (Lipinski definition) is 0. The van der Waals surface area contributed by atoms with Crippen LogP contribution in [0.3, 0.4) is 0 Å². The molecule has 0 amide bonds. The summed E-state index contributed by atoms with van der Waals surface area (Å²) in [5.41, 5.74) is 2.28. The van der Waals surface area contributed by atoms with Crippen LogP contribution in [-0.4, -0.2) is 33.6 Å². The number of carbonyl (C=O) groups is 1. The van der Waals surface area contributed by atoms with E-state index in [-0.39, 0.29) is 17.8 Å². The van der Waals surface area contributed by atoms with E-state index >= 15 is 0 Å². The SMILES string of the molecule is COC(=O)CSc1nnc([C@H](C)Oc2ccc(C)cc2C)n1C. The highest BCUT2D eigenvalue weighted by Crippen LogP contribution is 2.26. The van der Waals surface area contributed by atoms with Crippen LogP contribution < -0.4 is 4.74 Å².